The Balaban J connectivity index is 1.64. The van der Waals surface area contributed by atoms with E-state index in [1.807, 2.05) is 19.9 Å². The topological polar surface area (TPSA) is 117 Å². The van der Waals surface area contributed by atoms with Gasteiger partial charge in [0, 0.05) is 16.9 Å². The van der Waals surface area contributed by atoms with Gasteiger partial charge >= 0.3 is 0 Å². The van der Waals surface area contributed by atoms with Crippen LogP contribution in [0.3, 0.4) is 0 Å². The molecule has 0 atom stereocenters. The van der Waals surface area contributed by atoms with Crippen LogP contribution in [-0.2, 0) is 10.0 Å². The SMILES string of the molecule is Cc1ccc(NS(=O)(=O)c2ccc(NC(=S)NC(=O)c3ccc(Cl)c(N=O)c3)cc2)cc1C. The van der Waals surface area contributed by atoms with Crippen LogP contribution < -0.4 is 15.4 Å². The van der Waals surface area contributed by atoms with E-state index in [0.29, 0.717) is 11.4 Å². The number of hydrogen-bond donors (Lipinski definition) is 3. The van der Waals surface area contributed by atoms with Gasteiger partial charge in [0.2, 0.25) is 0 Å². The van der Waals surface area contributed by atoms with Crippen molar-refractivity contribution in [3.8, 4) is 0 Å². The lowest BCUT2D eigenvalue weighted by atomic mass is 10.1. The minimum absolute atomic E-state index is 0.0144. The second-order valence-corrected chi connectivity index (χ2v) is 9.59. The second-order valence-electron chi connectivity index (χ2n) is 7.09. The zero-order valence-electron chi connectivity index (χ0n) is 17.5. The number of rotatable bonds is 6. The van der Waals surface area contributed by atoms with Gasteiger partial charge in [0.1, 0.15) is 5.69 Å². The zero-order chi connectivity index (χ0) is 24.2. The molecule has 0 aliphatic rings. The first kappa shape index (κ1) is 24.3. The van der Waals surface area contributed by atoms with Crippen molar-refractivity contribution in [3.63, 3.8) is 0 Å². The maximum atomic E-state index is 12.7. The van der Waals surface area contributed by atoms with E-state index in [-0.39, 0.29) is 26.3 Å². The predicted molar refractivity (Wildman–Crippen MR) is 134 cm³/mol. The van der Waals surface area contributed by atoms with Gasteiger partial charge < -0.3 is 5.32 Å². The van der Waals surface area contributed by atoms with Gasteiger partial charge in [-0.3, -0.25) is 14.8 Å². The fraction of sp³-hybridized carbons (Fsp3) is 0.0909. The van der Waals surface area contributed by atoms with Gasteiger partial charge in [-0.2, -0.15) is 0 Å². The Labute approximate surface area is 201 Å². The number of anilines is 2. The molecule has 11 heteroatoms. The number of nitrogens with one attached hydrogen (secondary N) is 3. The van der Waals surface area contributed by atoms with E-state index in [9.17, 15) is 18.1 Å². The highest BCUT2D eigenvalue weighted by atomic mass is 35.5. The summed E-state index contributed by atoms with van der Waals surface area (Å²) < 4.78 is 27.9. The lowest BCUT2D eigenvalue weighted by molar-refractivity contribution is 0.0977. The van der Waals surface area contributed by atoms with Crippen LogP contribution in [0.25, 0.3) is 0 Å². The third kappa shape index (κ3) is 6.13. The molecule has 0 aromatic heterocycles. The highest BCUT2D eigenvalue weighted by Gasteiger charge is 2.15. The third-order valence-electron chi connectivity index (χ3n) is 4.72. The predicted octanol–water partition coefficient (Wildman–Crippen LogP) is 5.28. The first-order valence-electron chi connectivity index (χ1n) is 9.54. The highest BCUT2D eigenvalue weighted by molar-refractivity contribution is 7.92. The van der Waals surface area contributed by atoms with Crippen LogP contribution in [-0.4, -0.2) is 19.4 Å². The van der Waals surface area contributed by atoms with Crippen LogP contribution in [0, 0.1) is 18.8 Å². The number of carbonyl (C=O) groups excluding carboxylic acids is 1. The van der Waals surface area contributed by atoms with Gasteiger partial charge in [-0.1, -0.05) is 17.7 Å². The van der Waals surface area contributed by atoms with Gasteiger partial charge in [0.25, 0.3) is 15.9 Å². The summed E-state index contributed by atoms with van der Waals surface area (Å²) in [6.07, 6.45) is 0. The molecular weight excluding hydrogens is 484 g/mol. The molecule has 0 saturated carbocycles. The molecule has 8 nitrogen and oxygen atoms in total. The van der Waals surface area contributed by atoms with E-state index >= 15 is 0 Å². The van der Waals surface area contributed by atoms with Crippen molar-refractivity contribution in [2.24, 2.45) is 5.18 Å². The Kier molecular flexibility index (Phi) is 7.42. The number of nitroso groups, excluding NO2 is 1. The molecule has 0 aliphatic carbocycles. The second kappa shape index (κ2) is 10.1. The van der Waals surface area contributed by atoms with Crippen molar-refractivity contribution in [2.75, 3.05) is 10.0 Å². The third-order valence-corrected chi connectivity index (χ3v) is 6.64. The number of hydrogen-bond acceptors (Lipinski definition) is 6. The Morgan fingerprint density at radius 1 is 0.939 bits per heavy atom. The summed E-state index contributed by atoms with van der Waals surface area (Å²) in [5, 5.41) is 8.14. The van der Waals surface area contributed by atoms with E-state index in [2.05, 4.69) is 20.5 Å². The maximum absolute atomic E-state index is 12.7. The molecule has 0 spiro atoms. The fourth-order valence-corrected chi connectivity index (χ4v) is 4.21. The van der Waals surface area contributed by atoms with E-state index in [1.54, 1.807) is 12.1 Å². The van der Waals surface area contributed by atoms with Crippen molar-refractivity contribution in [1.29, 1.82) is 0 Å². The maximum Gasteiger partial charge on any atom is 0.261 e. The largest absolute Gasteiger partial charge is 0.332 e. The average molecular weight is 503 g/mol. The number of carbonyl (C=O) groups is 1. The van der Waals surface area contributed by atoms with E-state index < -0.39 is 15.9 Å². The standard InChI is InChI=1S/C22H19ClN4O4S2/c1-13-3-5-17(11-14(13)2)27-33(30,31)18-8-6-16(7-9-18)24-22(32)25-21(28)15-4-10-19(23)20(12-15)26-29/h3-12,27H,1-2H3,(H2,24,25,28,32). The molecule has 0 fully saturated rings. The zero-order valence-corrected chi connectivity index (χ0v) is 19.9. The van der Waals surface area contributed by atoms with Crippen molar-refractivity contribution in [1.82, 2.24) is 5.32 Å². The first-order chi connectivity index (χ1) is 15.6. The number of aryl methyl sites for hydroxylation is 2. The molecule has 0 bridgehead atoms. The smallest absolute Gasteiger partial charge is 0.261 e. The minimum Gasteiger partial charge on any atom is -0.332 e. The molecule has 3 aromatic carbocycles. The van der Waals surface area contributed by atoms with Gasteiger partial charge in [0.05, 0.1) is 9.92 Å². The summed E-state index contributed by atoms with van der Waals surface area (Å²) in [7, 11) is -3.78. The van der Waals surface area contributed by atoms with E-state index in [0.717, 1.165) is 11.1 Å². The quantitative estimate of drug-likeness (QED) is 0.312. The summed E-state index contributed by atoms with van der Waals surface area (Å²) in [4.78, 5) is 23.1. The van der Waals surface area contributed by atoms with Gasteiger partial charge in [-0.05, 0) is 97.0 Å². The number of halogens is 1. The van der Waals surface area contributed by atoms with Crippen LogP contribution in [0.5, 0.6) is 0 Å². The Hall–Kier alpha value is -3.34. The summed E-state index contributed by atoms with van der Waals surface area (Å²) in [6, 6.07) is 15.2. The Morgan fingerprint density at radius 2 is 1.61 bits per heavy atom. The van der Waals surface area contributed by atoms with Crippen LogP contribution >= 0.6 is 23.8 Å². The summed E-state index contributed by atoms with van der Waals surface area (Å²) in [5.41, 5.74) is 3.07. The molecule has 0 aliphatic heterocycles. The van der Waals surface area contributed by atoms with Crippen molar-refractivity contribution >= 4 is 61.9 Å². The van der Waals surface area contributed by atoms with Gasteiger partial charge in [0.15, 0.2) is 5.11 Å². The summed E-state index contributed by atoms with van der Waals surface area (Å²) in [6.45, 7) is 3.85. The van der Waals surface area contributed by atoms with Crippen molar-refractivity contribution in [3.05, 3.63) is 87.3 Å². The van der Waals surface area contributed by atoms with Gasteiger partial charge in [-0.25, -0.2) is 8.42 Å². The number of amides is 1. The molecule has 0 unspecified atom stereocenters. The van der Waals surface area contributed by atoms with Crippen LogP contribution in [0.2, 0.25) is 5.02 Å². The molecule has 3 aromatic rings. The Morgan fingerprint density at radius 3 is 2.24 bits per heavy atom. The van der Waals surface area contributed by atoms with Crippen LogP contribution in [0.4, 0.5) is 17.1 Å². The van der Waals surface area contributed by atoms with E-state index in [4.69, 9.17) is 23.8 Å². The van der Waals surface area contributed by atoms with Crippen LogP contribution in [0.15, 0.2) is 70.7 Å². The normalized spacial score (nSPS) is 10.9. The summed E-state index contributed by atoms with van der Waals surface area (Å²) >= 11 is 10.9. The molecule has 33 heavy (non-hydrogen) atoms. The van der Waals surface area contributed by atoms with Crippen molar-refractivity contribution < 1.29 is 13.2 Å². The summed E-state index contributed by atoms with van der Waals surface area (Å²) in [5.74, 6) is -0.564. The number of nitrogens with zero attached hydrogens (tertiary/aromatic N) is 1. The minimum atomic E-state index is -3.78. The molecule has 0 radical (unpaired) electrons. The molecule has 1 amide bonds. The number of benzene rings is 3. The number of sulfonamides is 1. The monoisotopic (exact) mass is 502 g/mol. The average Bonchev–Trinajstić information content (AvgIpc) is 2.76. The highest BCUT2D eigenvalue weighted by Crippen LogP contribution is 2.25. The van der Waals surface area contributed by atoms with Gasteiger partial charge in [-0.15, -0.1) is 4.91 Å². The van der Waals surface area contributed by atoms with E-state index in [1.165, 1.54) is 42.5 Å². The molecule has 0 saturated heterocycles. The lowest BCUT2D eigenvalue weighted by Gasteiger charge is -2.12. The molecule has 3 rings (SSSR count). The molecule has 170 valence electrons. The van der Waals surface area contributed by atoms with Crippen molar-refractivity contribution in [2.45, 2.75) is 18.7 Å². The first-order valence-corrected chi connectivity index (χ1v) is 11.8. The molecule has 3 N–H and O–H groups in total. The Bertz CT molecular complexity index is 1340. The molecular formula is C22H19ClN4O4S2. The fourth-order valence-electron chi connectivity index (χ4n) is 2.80. The molecule has 0 heterocycles. The number of thiocarbonyl (C=S) groups is 1. The van der Waals surface area contributed by atoms with Crippen LogP contribution in [0.1, 0.15) is 21.5 Å². The lowest BCUT2D eigenvalue weighted by Crippen LogP contribution is -2.34.